The minimum Gasteiger partial charge on any atom is -0.494 e. The molecule has 2 N–H and O–H groups in total. The van der Waals surface area contributed by atoms with E-state index in [4.69, 9.17) is 26.6 Å². The summed E-state index contributed by atoms with van der Waals surface area (Å²) in [5, 5.41) is 8.91. The van der Waals surface area contributed by atoms with E-state index < -0.39 is 0 Å². The molecule has 138 valence electrons. The maximum Gasteiger partial charge on any atom is 0.228 e. The van der Waals surface area contributed by atoms with Gasteiger partial charge in [-0.15, -0.1) is 0 Å². The highest BCUT2D eigenvalue weighted by Crippen LogP contribution is 2.26. The summed E-state index contributed by atoms with van der Waals surface area (Å²) in [6, 6.07) is 7.42. The van der Waals surface area contributed by atoms with Crippen LogP contribution in [-0.2, 0) is 19.9 Å². The normalized spacial score (nSPS) is 12.3. The van der Waals surface area contributed by atoms with Gasteiger partial charge >= 0.3 is 0 Å². The van der Waals surface area contributed by atoms with Crippen LogP contribution in [0.1, 0.15) is 41.5 Å². The van der Waals surface area contributed by atoms with Crippen LogP contribution >= 0.6 is 11.6 Å². The smallest absolute Gasteiger partial charge is 0.228 e. The molecule has 0 saturated heterocycles. The zero-order valence-corrected chi connectivity index (χ0v) is 15.8. The molecule has 8 heteroatoms. The number of aromatic nitrogens is 4. The summed E-state index contributed by atoms with van der Waals surface area (Å²) in [7, 11) is 1.80. The molecule has 2 aromatic heterocycles. The summed E-state index contributed by atoms with van der Waals surface area (Å²) in [6.45, 7) is 4.43. The van der Waals surface area contributed by atoms with Crippen molar-refractivity contribution >= 4 is 11.6 Å². The van der Waals surface area contributed by atoms with Crippen molar-refractivity contribution in [3.63, 3.8) is 0 Å². The Bertz CT molecular complexity index is 890. The monoisotopic (exact) mass is 375 g/mol. The van der Waals surface area contributed by atoms with Crippen LogP contribution in [0.5, 0.6) is 5.75 Å². The van der Waals surface area contributed by atoms with E-state index in [1.54, 1.807) is 11.7 Å². The highest BCUT2D eigenvalue weighted by Gasteiger charge is 2.18. The molecule has 3 aromatic rings. The van der Waals surface area contributed by atoms with Crippen molar-refractivity contribution in [1.82, 2.24) is 19.9 Å². The van der Waals surface area contributed by atoms with Gasteiger partial charge in [0.05, 0.1) is 12.3 Å². The summed E-state index contributed by atoms with van der Waals surface area (Å²) < 4.78 is 12.6. The molecule has 0 aliphatic rings. The second-order valence-corrected chi connectivity index (χ2v) is 6.40. The molecule has 0 aliphatic heterocycles. The second-order valence-electron chi connectivity index (χ2n) is 6.04. The van der Waals surface area contributed by atoms with Gasteiger partial charge in [0.15, 0.2) is 5.82 Å². The molecule has 0 fully saturated rings. The first-order valence-corrected chi connectivity index (χ1v) is 8.84. The van der Waals surface area contributed by atoms with Gasteiger partial charge in [-0.3, -0.25) is 4.68 Å². The first kappa shape index (κ1) is 18.4. The lowest BCUT2D eigenvalue weighted by Gasteiger charge is -2.14. The second kappa shape index (κ2) is 7.88. The van der Waals surface area contributed by atoms with Gasteiger partial charge in [0, 0.05) is 37.1 Å². The largest absolute Gasteiger partial charge is 0.494 e. The highest BCUT2D eigenvalue weighted by atomic mass is 35.5. The van der Waals surface area contributed by atoms with Crippen molar-refractivity contribution < 1.29 is 9.26 Å². The fourth-order valence-corrected chi connectivity index (χ4v) is 3.09. The number of rotatable bonds is 7. The van der Waals surface area contributed by atoms with E-state index in [0.29, 0.717) is 36.3 Å². The SMILES string of the molecule is CCOc1ccccc1[C@H](N)Cc1nc(Cc2c(C)nn(C)c2Cl)no1. The zero-order chi connectivity index (χ0) is 18.7. The number of nitrogens with two attached hydrogens (primary N) is 1. The van der Waals surface area contributed by atoms with E-state index >= 15 is 0 Å². The fourth-order valence-electron chi connectivity index (χ4n) is 2.85. The van der Waals surface area contributed by atoms with Crippen molar-refractivity contribution in [3.05, 3.63) is 58.0 Å². The van der Waals surface area contributed by atoms with Crippen LogP contribution in [0.4, 0.5) is 0 Å². The van der Waals surface area contributed by atoms with Gasteiger partial charge in [-0.25, -0.2) is 0 Å². The Morgan fingerprint density at radius 1 is 1.35 bits per heavy atom. The summed E-state index contributed by atoms with van der Waals surface area (Å²) in [4.78, 5) is 4.44. The van der Waals surface area contributed by atoms with Crippen molar-refractivity contribution in [3.8, 4) is 5.75 Å². The molecule has 1 atom stereocenters. The minimum atomic E-state index is -0.297. The Hall–Kier alpha value is -2.38. The summed E-state index contributed by atoms with van der Waals surface area (Å²) in [5.74, 6) is 1.82. The van der Waals surface area contributed by atoms with E-state index in [-0.39, 0.29) is 6.04 Å². The standard InChI is InChI=1S/C18H22ClN5O2/c1-4-25-15-8-6-5-7-12(15)14(20)10-17-21-16(23-26-17)9-13-11(2)22-24(3)18(13)19/h5-8,14H,4,9-10,20H2,1-3H3/t14-/m1/s1. The molecule has 1 aromatic carbocycles. The van der Waals surface area contributed by atoms with Gasteiger partial charge in [0.1, 0.15) is 10.9 Å². The summed E-state index contributed by atoms with van der Waals surface area (Å²) in [6.07, 6.45) is 0.892. The van der Waals surface area contributed by atoms with Crippen LogP contribution in [0.25, 0.3) is 0 Å². The first-order chi connectivity index (χ1) is 12.5. The molecule has 2 heterocycles. The molecule has 0 bridgehead atoms. The van der Waals surface area contributed by atoms with Gasteiger partial charge in [-0.1, -0.05) is 35.0 Å². The molecule has 0 spiro atoms. The Morgan fingerprint density at radius 2 is 2.12 bits per heavy atom. The zero-order valence-electron chi connectivity index (χ0n) is 15.1. The molecule has 0 amide bonds. The minimum absolute atomic E-state index is 0.297. The average molecular weight is 376 g/mol. The van der Waals surface area contributed by atoms with E-state index in [1.165, 1.54) is 0 Å². The number of benzene rings is 1. The number of ether oxygens (including phenoxy) is 1. The number of hydrogen-bond acceptors (Lipinski definition) is 6. The molecule has 0 aliphatic carbocycles. The lowest BCUT2D eigenvalue weighted by atomic mass is 10.0. The highest BCUT2D eigenvalue weighted by molar-refractivity contribution is 6.30. The summed E-state index contributed by atoms with van der Waals surface area (Å²) in [5.41, 5.74) is 8.99. The third-order valence-corrected chi connectivity index (χ3v) is 4.60. The van der Waals surface area contributed by atoms with Crippen molar-refractivity contribution in [2.45, 2.75) is 32.7 Å². The van der Waals surface area contributed by atoms with E-state index in [0.717, 1.165) is 22.6 Å². The van der Waals surface area contributed by atoms with E-state index in [1.807, 2.05) is 38.1 Å². The Morgan fingerprint density at radius 3 is 2.81 bits per heavy atom. The first-order valence-electron chi connectivity index (χ1n) is 8.46. The number of halogens is 1. The molecular formula is C18H22ClN5O2. The maximum atomic E-state index is 6.33. The Labute approximate surface area is 157 Å². The Kier molecular flexibility index (Phi) is 5.58. The number of para-hydroxylation sites is 1. The van der Waals surface area contributed by atoms with Crippen LogP contribution in [-0.4, -0.2) is 26.5 Å². The molecule has 0 radical (unpaired) electrons. The number of aryl methyl sites for hydroxylation is 2. The molecule has 26 heavy (non-hydrogen) atoms. The number of nitrogens with zero attached hydrogens (tertiary/aromatic N) is 4. The third kappa shape index (κ3) is 3.89. The maximum absolute atomic E-state index is 6.33. The molecule has 0 saturated carbocycles. The van der Waals surface area contributed by atoms with Crippen LogP contribution in [0.15, 0.2) is 28.8 Å². The van der Waals surface area contributed by atoms with Crippen LogP contribution in [0, 0.1) is 6.92 Å². The average Bonchev–Trinajstić information content (AvgIpc) is 3.15. The molecule has 7 nitrogen and oxygen atoms in total. The van der Waals surface area contributed by atoms with Gasteiger partial charge in [0.2, 0.25) is 5.89 Å². The summed E-state index contributed by atoms with van der Waals surface area (Å²) >= 11 is 6.26. The predicted octanol–water partition coefficient (Wildman–Crippen LogP) is 3.00. The van der Waals surface area contributed by atoms with Gasteiger partial charge in [-0.2, -0.15) is 10.1 Å². The number of hydrogen-bond donors (Lipinski definition) is 1. The fraction of sp³-hybridized carbons (Fsp3) is 0.389. The van der Waals surface area contributed by atoms with E-state index in [2.05, 4.69) is 15.2 Å². The molecule has 0 unspecified atom stereocenters. The molecule has 3 rings (SSSR count). The topological polar surface area (TPSA) is 92.0 Å². The predicted molar refractivity (Wildman–Crippen MR) is 98.3 cm³/mol. The third-order valence-electron chi connectivity index (χ3n) is 4.13. The van der Waals surface area contributed by atoms with Crippen molar-refractivity contribution in [2.75, 3.05) is 6.61 Å². The molecular weight excluding hydrogens is 354 g/mol. The van der Waals surface area contributed by atoms with Crippen molar-refractivity contribution in [2.24, 2.45) is 12.8 Å². The van der Waals surface area contributed by atoms with Gasteiger partial charge in [0.25, 0.3) is 0 Å². The van der Waals surface area contributed by atoms with Crippen LogP contribution in [0.2, 0.25) is 5.15 Å². The van der Waals surface area contributed by atoms with E-state index in [9.17, 15) is 0 Å². The lowest BCUT2D eigenvalue weighted by molar-refractivity contribution is 0.330. The van der Waals surface area contributed by atoms with Gasteiger partial charge < -0.3 is 15.0 Å². The van der Waals surface area contributed by atoms with Crippen LogP contribution in [0.3, 0.4) is 0 Å². The Balaban J connectivity index is 1.72. The lowest BCUT2D eigenvalue weighted by Crippen LogP contribution is -2.15. The van der Waals surface area contributed by atoms with Crippen LogP contribution < -0.4 is 10.5 Å². The quantitative estimate of drug-likeness (QED) is 0.682. The van der Waals surface area contributed by atoms with Crippen molar-refractivity contribution in [1.29, 1.82) is 0 Å². The van der Waals surface area contributed by atoms with Gasteiger partial charge in [-0.05, 0) is 19.9 Å².